The maximum atomic E-state index is 14.3. The van der Waals surface area contributed by atoms with E-state index in [2.05, 4.69) is 5.32 Å². The van der Waals surface area contributed by atoms with E-state index in [9.17, 15) is 14.0 Å². The van der Waals surface area contributed by atoms with Crippen molar-refractivity contribution in [1.29, 1.82) is 0 Å². The van der Waals surface area contributed by atoms with E-state index in [-0.39, 0.29) is 36.6 Å². The van der Waals surface area contributed by atoms with Crippen LogP contribution in [0.15, 0.2) is 48.5 Å². The van der Waals surface area contributed by atoms with Gasteiger partial charge in [0.25, 0.3) is 0 Å². The molecule has 1 saturated carbocycles. The molecule has 3 rings (SSSR count). The molecule has 0 bridgehead atoms. The fourth-order valence-electron chi connectivity index (χ4n) is 4.05. The van der Waals surface area contributed by atoms with Gasteiger partial charge in [-0.2, -0.15) is 0 Å². The Morgan fingerprint density at radius 1 is 1.06 bits per heavy atom. The maximum Gasteiger partial charge on any atom is 0.242 e. The highest BCUT2D eigenvalue weighted by Gasteiger charge is 2.28. The van der Waals surface area contributed by atoms with Gasteiger partial charge in [0.05, 0.1) is 0 Å². The molecule has 0 radical (unpaired) electrons. The first kappa shape index (κ1) is 23.3. The van der Waals surface area contributed by atoms with Gasteiger partial charge in [0.2, 0.25) is 11.8 Å². The molecule has 0 spiro atoms. The first-order chi connectivity index (χ1) is 15.0. The minimum atomic E-state index is -0.694. The summed E-state index contributed by atoms with van der Waals surface area (Å²) in [5, 5.41) is 3.70. The highest BCUT2D eigenvalue weighted by molar-refractivity contribution is 6.31. The highest BCUT2D eigenvalue weighted by Crippen LogP contribution is 2.20. The van der Waals surface area contributed by atoms with Crippen LogP contribution in [0.3, 0.4) is 0 Å². The number of rotatable bonds is 8. The van der Waals surface area contributed by atoms with Gasteiger partial charge in [0.1, 0.15) is 11.9 Å². The fourth-order valence-corrected chi connectivity index (χ4v) is 4.28. The van der Waals surface area contributed by atoms with E-state index < -0.39 is 6.04 Å². The number of halogens is 2. The Hall–Kier alpha value is -2.40. The van der Waals surface area contributed by atoms with E-state index in [0.717, 1.165) is 31.2 Å². The van der Waals surface area contributed by atoms with Crippen molar-refractivity contribution in [1.82, 2.24) is 10.2 Å². The number of nitrogens with one attached hydrogen (secondary N) is 1. The van der Waals surface area contributed by atoms with Crippen LogP contribution in [0.1, 0.15) is 56.6 Å². The number of hydrogen-bond donors (Lipinski definition) is 1. The molecule has 1 N–H and O–H groups in total. The molecule has 1 aliphatic carbocycles. The number of nitrogens with zero attached hydrogens (tertiary/aromatic N) is 1. The van der Waals surface area contributed by atoms with Crippen molar-refractivity contribution < 1.29 is 14.0 Å². The number of aryl methyl sites for hydroxylation is 1. The Morgan fingerprint density at radius 3 is 2.39 bits per heavy atom. The third-order valence-electron chi connectivity index (χ3n) is 5.98. The zero-order chi connectivity index (χ0) is 22.2. The molecule has 2 amide bonds. The SMILES string of the molecule is CC(C(=O)NC1CCCCC1)N(Cc1ccccc1F)C(=O)CCc1ccccc1Cl. The summed E-state index contributed by atoms with van der Waals surface area (Å²) in [7, 11) is 0. The van der Waals surface area contributed by atoms with E-state index in [4.69, 9.17) is 11.6 Å². The lowest BCUT2D eigenvalue weighted by molar-refractivity contribution is -0.141. The molecule has 1 unspecified atom stereocenters. The van der Waals surface area contributed by atoms with Crippen LogP contribution >= 0.6 is 11.6 Å². The van der Waals surface area contributed by atoms with Crippen molar-refractivity contribution in [3.63, 3.8) is 0 Å². The van der Waals surface area contributed by atoms with Gasteiger partial charge in [0.15, 0.2) is 0 Å². The van der Waals surface area contributed by atoms with Gasteiger partial charge < -0.3 is 10.2 Å². The lowest BCUT2D eigenvalue weighted by atomic mass is 9.95. The van der Waals surface area contributed by atoms with Crippen LogP contribution in [0.25, 0.3) is 0 Å². The molecule has 0 heterocycles. The van der Waals surface area contributed by atoms with Crippen LogP contribution in [-0.2, 0) is 22.6 Å². The molecule has 1 fully saturated rings. The molecule has 1 aliphatic rings. The average Bonchev–Trinajstić information content (AvgIpc) is 2.78. The van der Waals surface area contributed by atoms with Gasteiger partial charge in [-0.1, -0.05) is 67.3 Å². The van der Waals surface area contributed by atoms with E-state index in [0.29, 0.717) is 17.0 Å². The second-order valence-electron chi connectivity index (χ2n) is 8.22. The van der Waals surface area contributed by atoms with E-state index >= 15 is 0 Å². The molecule has 0 aliphatic heterocycles. The van der Waals surface area contributed by atoms with Crippen LogP contribution in [0.4, 0.5) is 4.39 Å². The molecule has 31 heavy (non-hydrogen) atoms. The Bertz CT molecular complexity index is 899. The number of hydrogen-bond acceptors (Lipinski definition) is 2. The summed E-state index contributed by atoms with van der Waals surface area (Å²) in [6.45, 7) is 1.76. The molecule has 0 saturated heterocycles. The molecule has 166 valence electrons. The molecular weight excluding hydrogens is 415 g/mol. The molecule has 4 nitrogen and oxygen atoms in total. The summed E-state index contributed by atoms with van der Waals surface area (Å²) in [6.07, 6.45) is 5.99. The summed E-state index contributed by atoms with van der Waals surface area (Å²) in [5.41, 5.74) is 1.27. The zero-order valence-corrected chi connectivity index (χ0v) is 18.7. The normalized spacial score (nSPS) is 15.3. The largest absolute Gasteiger partial charge is 0.352 e. The van der Waals surface area contributed by atoms with Gasteiger partial charge in [-0.05, 0) is 43.9 Å². The third-order valence-corrected chi connectivity index (χ3v) is 6.35. The third kappa shape index (κ3) is 6.54. The smallest absolute Gasteiger partial charge is 0.242 e. The molecular formula is C25H30ClFN2O2. The van der Waals surface area contributed by atoms with Crippen molar-refractivity contribution in [2.45, 2.75) is 70.5 Å². The van der Waals surface area contributed by atoms with Gasteiger partial charge in [-0.3, -0.25) is 9.59 Å². The van der Waals surface area contributed by atoms with E-state index in [1.165, 1.54) is 17.4 Å². The Morgan fingerprint density at radius 2 is 1.71 bits per heavy atom. The van der Waals surface area contributed by atoms with Crippen molar-refractivity contribution in [2.24, 2.45) is 0 Å². The predicted molar refractivity (Wildman–Crippen MR) is 121 cm³/mol. The van der Waals surface area contributed by atoms with Crippen molar-refractivity contribution in [2.75, 3.05) is 0 Å². The van der Waals surface area contributed by atoms with Gasteiger partial charge >= 0.3 is 0 Å². The topological polar surface area (TPSA) is 49.4 Å². The van der Waals surface area contributed by atoms with E-state index in [1.54, 1.807) is 31.2 Å². The number of carbonyl (C=O) groups is 2. The highest BCUT2D eigenvalue weighted by atomic mass is 35.5. The van der Waals surface area contributed by atoms with E-state index in [1.807, 2.05) is 18.2 Å². The summed E-state index contributed by atoms with van der Waals surface area (Å²) < 4.78 is 14.3. The Labute approximate surface area is 188 Å². The number of carbonyl (C=O) groups excluding carboxylic acids is 2. The minimum absolute atomic E-state index is 0.0489. The summed E-state index contributed by atoms with van der Waals surface area (Å²) in [4.78, 5) is 27.6. The first-order valence-corrected chi connectivity index (χ1v) is 11.4. The first-order valence-electron chi connectivity index (χ1n) is 11.0. The molecule has 2 aromatic carbocycles. The number of benzene rings is 2. The Kier molecular flexibility index (Phi) is 8.47. The second kappa shape index (κ2) is 11.3. The molecule has 0 aromatic heterocycles. The van der Waals surface area contributed by atoms with Gasteiger partial charge in [-0.25, -0.2) is 4.39 Å². The minimum Gasteiger partial charge on any atom is -0.352 e. The standard InChI is InChI=1S/C25H30ClFN2O2/c1-18(25(31)28-21-11-3-2-4-12-21)29(17-20-10-6-8-14-23(20)27)24(30)16-15-19-9-5-7-13-22(19)26/h5-10,13-14,18,21H,2-4,11-12,15-17H2,1H3,(H,28,31). The quantitative estimate of drug-likeness (QED) is 0.602. The second-order valence-corrected chi connectivity index (χ2v) is 8.63. The maximum absolute atomic E-state index is 14.3. The van der Waals surface area contributed by atoms with Gasteiger partial charge in [-0.15, -0.1) is 0 Å². The van der Waals surface area contributed by atoms with Crippen LogP contribution in [-0.4, -0.2) is 28.8 Å². The molecule has 2 aromatic rings. The summed E-state index contributed by atoms with van der Waals surface area (Å²) in [6, 6.07) is 13.2. The lowest BCUT2D eigenvalue weighted by Crippen LogP contribution is -2.50. The fraction of sp³-hybridized carbons (Fsp3) is 0.440. The average molecular weight is 445 g/mol. The summed E-state index contributed by atoms with van der Waals surface area (Å²) in [5.74, 6) is -0.768. The van der Waals surface area contributed by atoms with Crippen LogP contribution < -0.4 is 5.32 Å². The van der Waals surface area contributed by atoms with Crippen molar-refractivity contribution in [3.8, 4) is 0 Å². The Balaban J connectivity index is 1.72. The number of amides is 2. The molecule has 6 heteroatoms. The summed E-state index contributed by atoms with van der Waals surface area (Å²) >= 11 is 6.22. The predicted octanol–water partition coefficient (Wildman–Crippen LogP) is 5.28. The van der Waals surface area contributed by atoms with Crippen molar-refractivity contribution in [3.05, 3.63) is 70.5 Å². The van der Waals surface area contributed by atoms with Gasteiger partial charge in [0, 0.05) is 29.6 Å². The van der Waals surface area contributed by atoms with Crippen LogP contribution in [0.2, 0.25) is 5.02 Å². The van der Waals surface area contributed by atoms with Crippen molar-refractivity contribution >= 4 is 23.4 Å². The van der Waals surface area contributed by atoms with Crippen LogP contribution in [0.5, 0.6) is 0 Å². The monoisotopic (exact) mass is 444 g/mol. The molecule has 1 atom stereocenters. The van der Waals surface area contributed by atoms with Crippen LogP contribution in [0, 0.1) is 5.82 Å². The lowest BCUT2D eigenvalue weighted by Gasteiger charge is -2.31. The zero-order valence-electron chi connectivity index (χ0n) is 17.9.